The van der Waals surface area contributed by atoms with E-state index in [9.17, 15) is 0 Å². The fourth-order valence-electron chi connectivity index (χ4n) is 2.76. The summed E-state index contributed by atoms with van der Waals surface area (Å²) in [4.78, 5) is 4.52. The highest BCUT2D eigenvalue weighted by Crippen LogP contribution is 2.24. The monoisotopic (exact) mass is 308 g/mol. The van der Waals surface area contributed by atoms with Crippen LogP contribution in [0.3, 0.4) is 0 Å². The molecule has 0 saturated carbocycles. The maximum Gasteiger partial charge on any atom is 0.128 e. The predicted octanol–water partition coefficient (Wildman–Crippen LogP) is 3.96. The molecule has 0 radical (unpaired) electrons. The third kappa shape index (κ3) is 4.13. The number of nitrogens with zero attached hydrogens (tertiary/aromatic N) is 1. The summed E-state index contributed by atoms with van der Waals surface area (Å²) in [5.41, 5.74) is 3.64. The normalized spacial score (nSPS) is 13.5. The van der Waals surface area contributed by atoms with Gasteiger partial charge in [-0.1, -0.05) is 43.7 Å². The zero-order chi connectivity index (χ0) is 15.9. The van der Waals surface area contributed by atoms with Crippen LogP contribution in [0.15, 0.2) is 53.5 Å². The zero-order valence-corrected chi connectivity index (χ0v) is 13.7. The Kier molecular flexibility index (Phi) is 5.30. The lowest BCUT2D eigenvalue weighted by Gasteiger charge is -2.13. The van der Waals surface area contributed by atoms with E-state index in [4.69, 9.17) is 4.74 Å². The van der Waals surface area contributed by atoms with Crippen molar-refractivity contribution in [2.75, 3.05) is 13.1 Å². The number of benzene rings is 2. The van der Waals surface area contributed by atoms with Crippen LogP contribution in [-0.4, -0.2) is 18.9 Å². The first kappa shape index (κ1) is 15.6. The average molecular weight is 308 g/mol. The number of nitrogens with one attached hydrogen (secondary N) is 1. The summed E-state index contributed by atoms with van der Waals surface area (Å²) in [6.45, 7) is 4.63. The van der Waals surface area contributed by atoms with Crippen molar-refractivity contribution in [1.82, 2.24) is 5.32 Å². The highest BCUT2D eigenvalue weighted by molar-refractivity contribution is 6.00. The molecule has 2 aromatic rings. The van der Waals surface area contributed by atoms with Crippen LogP contribution in [0.1, 0.15) is 36.5 Å². The quantitative estimate of drug-likeness (QED) is 0.840. The smallest absolute Gasteiger partial charge is 0.128 e. The van der Waals surface area contributed by atoms with Gasteiger partial charge in [-0.15, -0.1) is 0 Å². The van der Waals surface area contributed by atoms with E-state index >= 15 is 0 Å². The molecule has 0 saturated heterocycles. The van der Waals surface area contributed by atoms with E-state index < -0.39 is 0 Å². The van der Waals surface area contributed by atoms with Gasteiger partial charge in [0.05, 0.1) is 6.54 Å². The lowest BCUT2D eigenvalue weighted by molar-refractivity contribution is 0.302. The number of ether oxygens (including phenoxy) is 1. The lowest BCUT2D eigenvalue weighted by Crippen LogP contribution is -2.19. The summed E-state index contributed by atoms with van der Waals surface area (Å²) in [6, 6.07) is 16.7. The average Bonchev–Trinajstić information content (AvgIpc) is 3.14. The van der Waals surface area contributed by atoms with Gasteiger partial charge in [0.2, 0.25) is 0 Å². The van der Waals surface area contributed by atoms with E-state index in [1.54, 1.807) is 0 Å². The maximum atomic E-state index is 6.08. The summed E-state index contributed by atoms with van der Waals surface area (Å²) in [5.74, 6) is 2.00. The Labute approximate surface area is 138 Å². The predicted molar refractivity (Wildman–Crippen MR) is 95.2 cm³/mol. The second kappa shape index (κ2) is 7.82. The van der Waals surface area contributed by atoms with Crippen molar-refractivity contribution in [1.29, 1.82) is 0 Å². The number of aryl methyl sites for hydroxylation is 1. The fraction of sp³-hybridized carbons (Fsp3) is 0.350. The minimum atomic E-state index is 0.610. The molecule has 3 heteroatoms. The van der Waals surface area contributed by atoms with Gasteiger partial charge in [0, 0.05) is 12.1 Å². The van der Waals surface area contributed by atoms with Gasteiger partial charge in [0.15, 0.2) is 0 Å². The summed E-state index contributed by atoms with van der Waals surface area (Å²) in [5, 5.41) is 3.34. The van der Waals surface area contributed by atoms with Crippen LogP contribution in [0.2, 0.25) is 0 Å². The molecule has 23 heavy (non-hydrogen) atoms. The summed E-state index contributed by atoms with van der Waals surface area (Å²) in [6.07, 6.45) is 3.40. The second-order valence-electron chi connectivity index (χ2n) is 5.86. The van der Waals surface area contributed by atoms with Crippen molar-refractivity contribution in [3.63, 3.8) is 0 Å². The molecule has 0 aliphatic carbocycles. The third-order valence-electron chi connectivity index (χ3n) is 4.04. The number of rotatable bonds is 7. The topological polar surface area (TPSA) is 33.6 Å². The molecular weight excluding hydrogens is 284 g/mol. The molecular formula is C20H24N2O. The van der Waals surface area contributed by atoms with Crippen molar-refractivity contribution in [2.24, 2.45) is 4.99 Å². The molecule has 1 aliphatic rings. The third-order valence-corrected chi connectivity index (χ3v) is 4.04. The SMILES string of the molecule is CCCCc1cc(C2=NCCN2)ccc1OCc1ccccc1. The van der Waals surface area contributed by atoms with E-state index in [-0.39, 0.29) is 0 Å². The minimum absolute atomic E-state index is 0.610. The highest BCUT2D eigenvalue weighted by Gasteiger charge is 2.11. The first-order valence-corrected chi connectivity index (χ1v) is 8.45. The molecule has 0 spiro atoms. The van der Waals surface area contributed by atoms with Gasteiger partial charge in [-0.2, -0.15) is 0 Å². The van der Waals surface area contributed by atoms with Gasteiger partial charge in [-0.05, 0) is 42.2 Å². The van der Waals surface area contributed by atoms with E-state index in [1.807, 2.05) is 18.2 Å². The van der Waals surface area contributed by atoms with Crippen LogP contribution >= 0.6 is 0 Å². The Morgan fingerprint density at radius 2 is 2.00 bits per heavy atom. The standard InChI is InChI=1S/C20H24N2O/c1-2-3-9-17-14-18(20-21-12-13-22-20)10-11-19(17)23-15-16-7-5-4-6-8-16/h4-8,10-11,14H,2-3,9,12-13,15H2,1H3,(H,21,22). The summed E-state index contributed by atoms with van der Waals surface area (Å²) >= 11 is 0. The van der Waals surface area contributed by atoms with Gasteiger partial charge < -0.3 is 10.1 Å². The molecule has 0 atom stereocenters. The highest BCUT2D eigenvalue weighted by atomic mass is 16.5. The maximum absolute atomic E-state index is 6.08. The molecule has 0 aromatic heterocycles. The Morgan fingerprint density at radius 1 is 1.13 bits per heavy atom. The molecule has 1 heterocycles. The Balaban J connectivity index is 1.77. The van der Waals surface area contributed by atoms with Gasteiger partial charge in [0.25, 0.3) is 0 Å². The number of hydrogen-bond acceptors (Lipinski definition) is 3. The van der Waals surface area contributed by atoms with Crippen LogP contribution in [0, 0.1) is 0 Å². The second-order valence-corrected chi connectivity index (χ2v) is 5.86. The summed E-state index contributed by atoms with van der Waals surface area (Å²) in [7, 11) is 0. The molecule has 0 unspecified atom stereocenters. The van der Waals surface area contributed by atoms with Crippen molar-refractivity contribution >= 4 is 5.84 Å². The largest absolute Gasteiger partial charge is 0.489 e. The van der Waals surface area contributed by atoms with E-state index in [1.165, 1.54) is 29.5 Å². The van der Waals surface area contributed by atoms with Crippen LogP contribution in [0.4, 0.5) is 0 Å². The zero-order valence-electron chi connectivity index (χ0n) is 13.7. The molecule has 1 N–H and O–H groups in total. The number of unbranched alkanes of at least 4 members (excludes halogenated alkanes) is 1. The van der Waals surface area contributed by atoms with Crippen molar-refractivity contribution in [3.05, 3.63) is 65.2 Å². The Morgan fingerprint density at radius 3 is 2.74 bits per heavy atom. The van der Waals surface area contributed by atoms with Gasteiger partial charge >= 0.3 is 0 Å². The first-order valence-electron chi connectivity index (χ1n) is 8.45. The number of hydrogen-bond donors (Lipinski definition) is 1. The van der Waals surface area contributed by atoms with Crippen LogP contribution < -0.4 is 10.1 Å². The molecule has 2 aromatic carbocycles. The molecule has 0 amide bonds. The minimum Gasteiger partial charge on any atom is -0.489 e. The van der Waals surface area contributed by atoms with Crippen LogP contribution in [0.5, 0.6) is 5.75 Å². The lowest BCUT2D eigenvalue weighted by atomic mass is 10.0. The van der Waals surface area contributed by atoms with Crippen molar-refractivity contribution in [3.8, 4) is 5.75 Å². The van der Waals surface area contributed by atoms with Crippen LogP contribution in [-0.2, 0) is 13.0 Å². The molecule has 3 nitrogen and oxygen atoms in total. The van der Waals surface area contributed by atoms with E-state index in [0.29, 0.717) is 6.61 Å². The van der Waals surface area contributed by atoms with Crippen LogP contribution in [0.25, 0.3) is 0 Å². The molecule has 1 aliphatic heterocycles. The number of aliphatic imine (C=N–C) groups is 1. The molecule has 0 fully saturated rings. The first-order chi connectivity index (χ1) is 11.4. The molecule has 120 valence electrons. The molecule has 0 bridgehead atoms. The van der Waals surface area contributed by atoms with Gasteiger partial charge in [-0.25, -0.2) is 0 Å². The van der Waals surface area contributed by atoms with Crippen molar-refractivity contribution < 1.29 is 4.74 Å². The van der Waals surface area contributed by atoms with Crippen molar-refractivity contribution in [2.45, 2.75) is 32.8 Å². The van der Waals surface area contributed by atoms with Gasteiger partial charge in [-0.3, -0.25) is 4.99 Å². The van der Waals surface area contributed by atoms with E-state index in [2.05, 4.69) is 47.6 Å². The Hall–Kier alpha value is -2.29. The van der Waals surface area contributed by atoms with Gasteiger partial charge in [0.1, 0.15) is 18.2 Å². The fourth-order valence-corrected chi connectivity index (χ4v) is 2.76. The Bertz CT molecular complexity index is 665. The molecule has 3 rings (SSSR count). The van der Waals surface area contributed by atoms with E-state index in [0.717, 1.165) is 31.1 Å². The summed E-state index contributed by atoms with van der Waals surface area (Å²) < 4.78 is 6.08. The number of amidine groups is 1.